The van der Waals surface area contributed by atoms with Gasteiger partial charge in [0.1, 0.15) is 0 Å². The second kappa shape index (κ2) is 6.23. The molecule has 1 aromatic heterocycles. The lowest BCUT2D eigenvalue weighted by atomic mass is 9.96. The van der Waals surface area contributed by atoms with E-state index in [2.05, 4.69) is 10.3 Å². The Hall–Kier alpha value is -1.58. The van der Waals surface area contributed by atoms with Crippen LogP contribution in [0.25, 0.3) is 0 Å². The van der Waals surface area contributed by atoms with Crippen LogP contribution in [-0.2, 0) is 6.54 Å². The van der Waals surface area contributed by atoms with E-state index in [0.717, 1.165) is 36.7 Å². The molecule has 1 heterocycles. The molecule has 2 rings (SSSR count). The van der Waals surface area contributed by atoms with E-state index in [1.807, 2.05) is 18.2 Å². The molecule has 1 saturated carbocycles. The minimum atomic E-state index is -0.326. The highest BCUT2D eigenvalue weighted by Gasteiger charge is 2.15. The summed E-state index contributed by atoms with van der Waals surface area (Å²) in [6.45, 7) is 0.377. The number of carbonyl (C=O) groups excluding carboxylic acids is 1. The molecule has 0 aromatic carbocycles. The van der Waals surface area contributed by atoms with Gasteiger partial charge in [-0.2, -0.15) is 0 Å². The fraction of sp³-hybridized carbons (Fsp3) is 0.538. The van der Waals surface area contributed by atoms with Crippen molar-refractivity contribution in [2.45, 2.75) is 44.7 Å². The van der Waals surface area contributed by atoms with Gasteiger partial charge in [-0.3, -0.25) is 4.98 Å². The highest BCUT2D eigenvalue weighted by molar-refractivity contribution is 5.74. The van der Waals surface area contributed by atoms with Gasteiger partial charge in [0.15, 0.2) is 1.41 Å². The van der Waals surface area contributed by atoms with Crippen LogP contribution in [0.15, 0.2) is 24.4 Å². The maximum absolute atomic E-state index is 11.8. The molecule has 4 heteroatoms. The average Bonchev–Trinajstić information content (AvgIpc) is 2.46. The minimum Gasteiger partial charge on any atom is -0.335 e. The number of amides is 2. The number of carbonyl (C=O) groups is 1. The van der Waals surface area contributed by atoms with Gasteiger partial charge in [0.2, 0.25) is 0 Å². The van der Waals surface area contributed by atoms with E-state index in [-0.39, 0.29) is 12.1 Å². The van der Waals surface area contributed by atoms with Crippen LogP contribution in [0.5, 0.6) is 0 Å². The third kappa shape index (κ3) is 4.06. The molecule has 0 aliphatic heterocycles. The molecular weight excluding hydrogens is 214 g/mol. The Balaban J connectivity index is 1.80. The van der Waals surface area contributed by atoms with E-state index in [4.69, 9.17) is 1.41 Å². The van der Waals surface area contributed by atoms with Gasteiger partial charge in [0.25, 0.3) is 0 Å². The summed E-state index contributed by atoms with van der Waals surface area (Å²) in [5.41, 5.74) is 0.808. The maximum atomic E-state index is 11.8. The van der Waals surface area contributed by atoms with Crippen LogP contribution in [0.2, 0.25) is 1.41 Å². The van der Waals surface area contributed by atoms with Gasteiger partial charge in [-0.15, -0.1) is 0 Å². The first-order chi connectivity index (χ1) is 8.77. The van der Waals surface area contributed by atoms with E-state index in [1.165, 1.54) is 6.42 Å². The number of hydrogen-bond acceptors (Lipinski definition) is 2. The molecule has 92 valence electrons. The van der Waals surface area contributed by atoms with Crippen LogP contribution < -0.4 is 10.6 Å². The van der Waals surface area contributed by atoms with Gasteiger partial charge < -0.3 is 10.6 Å². The Morgan fingerprint density at radius 1 is 1.41 bits per heavy atom. The number of aromatic nitrogens is 1. The largest absolute Gasteiger partial charge is 0.335 e. The van der Waals surface area contributed by atoms with Crippen LogP contribution in [-0.4, -0.2) is 17.1 Å². The third-order valence-electron chi connectivity index (χ3n) is 3.02. The Bertz CT molecular complexity index is 379. The SMILES string of the molecule is [2H]N(C(=O)NCc1ccccn1)C1CCCCC1. The van der Waals surface area contributed by atoms with E-state index >= 15 is 0 Å². The van der Waals surface area contributed by atoms with Gasteiger partial charge in [-0.25, -0.2) is 4.79 Å². The second-order valence-corrected chi connectivity index (χ2v) is 4.40. The summed E-state index contributed by atoms with van der Waals surface area (Å²) < 4.78 is 7.84. The van der Waals surface area contributed by atoms with Crippen molar-refractivity contribution in [1.82, 2.24) is 15.6 Å². The fourth-order valence-corrected chi connectivity index (χ4v) is 2.09. The fourth-order valence-electron chi connectivity index (χ4n) is 2.09. The first kappa shape index (κ1) is 10.6. The Morgan fingerprint density at radius 2 is 2.24 bits per heavy atom. The van der Waals surface area contributed by atoms with E-state index in [9.17, 15) is 4.79 Å². The van der Waals surface area contributed by atoms with Crippen molar-refractivity contribution >= 4 is 6.03 Å². The van der Waals surface area contributed by atoms with Crippen LogP contribution >= 0.6 is 0 Å². The van der Waals surface area contributed by atoms with Crippen molar-refractivity contribution in [3.8, 4) is 0 Å². The number of urea groups is 1. The molecule has 0 saturated heterocycles. The predicted octanol–water partition coefficient (Wildman–Crippen LogP) is 2.21. The topological polar surface area (TPSA) is 54.0 Å². The summed E-state index contributed by atoms with van der Waals surface area (Å²) in [6, 6.07) is 5.32. The zero-order valence-corrected chi connectivity index (χ0v) is 9.93. The molecule has 1 aliphatic carbocycles. The zero-order chi connectivity index (χ0) is 12.8. The summed E-state index contributed by atoms with van der Waals surface area (Å²) in [7, 11) is 0. The third-order valence-corrected chi connectivity index (χ3v) is 3.02. The first-order valence-corrected chi connectivity index (χ1v) is 6.23. The van der Waals surface area contributed by atoms with E-state index < -0.39 is 0 Å². The van der Waals surface area contributed by atoms with Gasteiger partial charge >= 0.3 is 6.03 Å². The Kier molecular flexibility index (Phi) is 3.87. The predicted molar refractivity (Wildman–Crippen MR) is 66.5 cm³/mol. The van der Waals surface area contributed by atoms with Crippen molar-refractivity contribution in [3.63, 3.8) is 0 Å². The molecule has 4 nitrogen and oxygen atoms in total. The van der Waals surface area contributed by atoms with E-state index in [0.29, 0.717) is 6.54 Å². The molecule has 2 amide bonds. The van der Waals surface area contributed by atoms with Crippen LogP contribution in [0.4, 0.5) is 4.79 Å². The molecule has 0 radical (unpaired) electrons. The molecule has 1 aromatic rings. The number of pyridine rings is 1. The molecule has 1 fully saturated rings. The summed E-state index contributed by atoms with van der Waals surface area (Å²) in [4.78, 5) is 15.9. The number of nitrogens with zero attached hydrogens (tertiary/aromatic N) is 1. The van der Waals surface area contributed by atoms with E-state index in [1.54, 1.807) is 6.20 Å². The van der Waals surface area contributed by atoms with Crippen LogP contribution in [0.3, 0.4) is 0 Å². The van der Waals surface area contributed by atoms with Crippen molar-refractivity contribution < 1.29 is 6.21 Å². The Labute approximate surface area is 103 Å². The first-order valence-electron chi connectivity index (χ1n) is 6.68. The second-order valence-electron chi connectivity index (χ2n) is 4.40. The van der Waals surface area contributed by atoms with Crippen LogP contribution in [0.1, 0.15) is 37.8 Å². The molecule has 0 bridgehead atoms. The molecule has 17 heavy (non-hydrogen) atoms. The summed E-state index contributed by atoms with van der Waals surface area (Å²) >= 11 is 0. The maximum Gasteiger partial charge on any atom is 0.315 e. The standard InChI is InChI=1S/C13H19N3O/c17-13(16-11-6-2-1-3-7-11)15-10-12-8-4-5-9-14-12/h4-5,8-9,11H,1-3,6-7,10H2,(H2,15,16,17)/i/hD. The number of hydrogen-bond donors (Lipinski definition) is 2. The van der Waals surface area contributed by atoms with Crippen molar-refractivity contribution in [1.29, 1.82) is 0 Å². The lowest BCUT2D eigenvalue weighted by Gasteiger charge is -2.22. The normalized spacial score (nSPS) is 17.3. The molecule has 1 aliphatic rings. The van der Waals surface area contributed by atoms with Crippen LogP contribution in [0, 0.1) is 0 Å². The molecule has 0 atom stereocenters. The summed E-state index contributed by atoms with van der Waals surface area (Å²) in [5.74, 6) is 0. The monoisotopic (exact) mass is 234 g/mol. The summed E-state index contributed by atoms with van der Waals surface area (Å²) in [6.07, 6.45) is 7.04. The smallest absolute Gasteiger partial charge is 0.315 e. The molecular formula is C13H19N3O. The highest BCUT2D eigenvalue weighted by Crippen LogP contribution is 2.17. The number of nitrogens with one attached hydrogen (secondary N) is 2. The highest BCUT2D eigenvalue weighted by atomic mass is 16.2. The molecule has 0 spiro atoms. The van der Waals surface area contributed by atoms with Gasteiger partial charge in [0.05, 0.1) is 12.2 Å². The van der Waals surface area contributed by atoms with Gasteiger partial charge in [-0.05, 0) is 25.0 Å². The lowest BCUT2D eigenvalue weighted by Crippen LogP contribution is -2.42. The zero-order valence-electron chi connectivity index (χ0n) is 10.9. The van der Waals surface area contributed by atoms with Gasteiger partial charge in [-0.1, -0.05) is 25.3 Å². The van der Waals surface area contributed by atoms with Gasteiger partial charge in [0, 0.05) is 12.2 Å². The molecule has 0 unspecified atom stereocenters. The lowest BCUT2D eigenvalue weighted by molar-refractivity contribution is 0.232. The molecule has 2 N–H and O–H groups in total. The minimum absolute atomic E-state index is 0.0717. The number of rotatable bonds is 3. The average molecular weight is 234 g/mol. The van der Waals surface area contributed by atoms with Crippen molar-refractivity contribution in [2.24, 2.45) is 0 Å². The Morgan fingerprint density at radius 3 is 2.94 bits per heavy atom. The van der Waals surface area contributed by atoms with Crippen molar-refractivity contribution in [2.75, 3.05) is 0 Å². The summed E-state index contributed by atoms with van der Waals surface area (Å²) in [5, 5.41) is 3.83. The van der Waals surface area contributed by atoms with Crippen molar-refractivity contribution in [3.05, 3.63) is 30.1 Å². The quantitative estimate of drug-likeness (QED) is 0.842.